The van der Waals surface area contributed by atoms with Gasteiger partial charge in [-0.3, -0.25) is 0 Å². The van der Waals surface area contributed by atoms with Crippen LogP contribution in [0.3, 0.4) is 0 Å². The number of hydrogen-bond donors (Lipinski definition) is 0. The maximum absolute atomic E-state index is 11.2. The fourth-order valence-corrected chi connectivity index (χ4v) is 2.62. The molecule has 0 spiro atoms. The van der Waals surface area contributed by atoms with E-state index >= 15 is 0 Å². The van der Waals surface area contributed by atoms with E-state index in [9.17, 15) is 8.42 Å². The summed E-state index contributed by atoms with van der Waals surface area (Å²) in [5.41, 5.74) is 1.36. The number of sulfonamides is 1. The average Bonchev–Trinajstić information content (AvgIpc) is 2.59. The number of benzene rings is 1. The molecule has 0 saturated carbocycles. The lowest BCUT2D eigenvalue weighted by atomic mass is 10.1. The number of methoxy groups -OCH3 is 1. The Bertz CT molecular complexity index is 505. The van der Waals surface area contributed by atoms with E-state index < -0.39 is 10.0 Å². The van der Waals surface area contributed by atoms with E-state index in [0.29, 0.717) is 17.9 Å². The number of ether oxygens (including phenoxy) is 1. The molecule has 1 heterocycles. The Balaban J connectivity index is 2.47. The van der Waals surface area contributed by atoms with Crippen molar-refractivity contribution < 1.29 is 13.2 Å². The quantitative estimate of drug-likeness (QED) is 0.760. The molecule has 0 N–H and O–H groups in total. The van der Waals surface area contributed by atoms with E-state index in [1.54, 1.807) is 13.2 Å². The average molecular weight is 225 g/mol. The van der Waals surface area contributed by atoms with E-state index in [1.165, 1.54) is 0 Å². The lowest BCUT2D eigenvalue weighted by Gasteiger charge is -2.06. The second kappa shape index (κ2) is 3.66. The SMILES string of the molecule is COc1ccccc1C1=NS(=O)(=O)CC1. The minimum absolute atomic E-state index is 0.0976. The fourth-order valence-electron chi connectivity index (χ4n) is 1.55. The summed E-state index contributed by atoms with van der Waals surface area (Å²) in [6.45, 7) is 0. The summed E-state index contributed by atoms with van der Waals surface area (Å²) in [4.78, 5) is 0. The first kappa shape index (κ1) is 10.2. The molecule has 0 fully saturated rings. The third-order valence-corrected chi connectivity index (χ3v) is 3.48. The molecule has 0 unspecified atom stereocenters. The maximum atomic E-state index is 11.2. The lowest BCUT2D eigenvalue weighted by molar-refractivity contribution is 0.414. The van der Waals surface area contributed by atoms with Crippen LogP contribution in [-0.2, 0) is 10.0 Å². The Morgan fingerprint density at radius 1 is 1.33 bits per heavy atom. The van der Waals surface area contributed by atoms with Gasteiger partial charge in [0, 0.05) is 12.0 Å². The molecule has 2 rings (SSSR count). The molecule has 1 aromatic rings. The zero-order valence-electron chi connectivity index (χ0n) is 8.30. The van der Waals surface area contributed by atoms with Crippen LogP contribution in [-0.4, -0.2) is 27.0 Å². The Morgan fingerprint density at radius 2 is 2.07 bits per heavy atom. The van der Waals surface area contributed by atoms with Crippen molar-refractivity contribution >= 4 is 15.7 Å². The van der Waals surface area contributed by atoms with E-state index in [-0.39, 0.29) is 5.75 Å². The van der Waals surface area contributed by atoms with Crippen molar-refractivity contribution in [3.8, 4) is 5.75 Å². The summed E-state index contributed by atoms with van der Waals surface area (Å²) < 4.78 is 31.2. The van der Waals surface area contributed by atoms with E-state index in [2.05, 4.69) is 4.40 Å². The van der Waals surface area contributed by atoms with Gasteiger partial charge in [-0.05, 0) is 12.1 Å². The van der Waals surface area contributed by atoms with Gasteiger partial charge in [0.1, 0.15) is 5.75 Å². The zero-order chi connectivity index (χ0) is 10.9. The summed E-state index contributed by atoms with van der Waals surface area (Å²) in [5.74, 6) is 0.758. The molecule has 0 amide bonds. The highest BCUT2D eigenvalue weighted by Gasteiger charge is 2.22. The second-order valence-corrected chi connectivity index (χ2v) is 5.03. The summed E-state index contributed by atoms with van der Waals surface area (Å²) in [6.07, 6.45) is 0.461. The molecule has 0 atom stereocenters. The molecular formula is C10H11NO3S. The van der Waals surface area contributed by atoms with Crippen LogP contribution in [0, 0.1) is 0 Å². The first-order chi connectivity index (χ1) is 7.12. The highest BCUT2D eigenvalue weighted by Crippen LogP contribution is 2.23. The van der Waals surface area contributed by atoms with Crippen molar-refractivity contribution in [2.75, 3.05) is 12.9 Å². The maximum Gasteiger partial charge on any atom is 0.253 e. The van der Waals surface area contributed by atoms with Gasteiger partial charge in [-0.1, -0.05) is 12.1 Å². The second-order valence-electron chi connectivity index (χ2n) is 3.27. The summed E-state index contributed by atoms with van der Waals surface area (Å²) in [7, 11) is -1.68. The van der Waals surface area contributed by atoms with E-state index in [1.807, 2.05) is 18.2 Å². The van der Waals surface area contributed by atoms with Crippen LogP contribution in [0.1, 0.15) is 12.0 Å². The molecule has 0 saturated heterocycles. The summed E-state index contributed by atoms with van der Waals surface area (Å²) in [5, 5.41) is 0. The molecule has 80 valence electrons. The smallest absolute Gasteiger partial charge is 0.253 e. The fraction of sp³-hybridized carbons (Fsp3) is 0.300. The molecule has 0 radical (unpaired) electrons. The third-order valence-electron chi connectivity index (χ3n) is 2.26. The van der Waals surface area contributed by atoms with Crippen molar-refractivity contribution in [3.63, 3.8) is 0 Å². The Hall–Kier alpha value is -1.36. The third kappa shape index (κ3) is 2.02. The number of para-hydroxylation sites is 1. The van der Waals surface area contributed by atoms with Crippen LogP contribution < -0.4 is 4.74 Å². The van der Waals surface area contributed by atoms with Gasteiger partial charge in [-0.25, -0.2) is 8.42 Å². The van der Waals surface area contributed by atoms with Crippen LogP contribution in [0.2, 0.25) is 0 Å². The Labute approximate surface area is 88.7 Å². The molecule has 5 heteroatoms. The van der Waals surface area contributed by atoms with Crippen molar-refractivity contribution in [1.29, 1.82) is 0 Å². The van der Waals surface area contributed by atoms with Gasteiger partial charge >= 0.3 is 0 Å². The highest BCUT2D eigenvalue weighted by atomic mass is 32.2. The van der Waals surface area contributed by atoms with Crippen molar-refractivity contribution in [3.05, 3.63) is 29.8 Å². The Morgan fingerprint density at radius 3 is 2.67 bits per heavy atom. The molecule has 0 bridgehead atoms. The predicted molar refractivity (Wildman–Crippen MR) is 57.9 cm³/mol. The normalized spacial score (nSPS) is 18.6. The first-order valence-electron chi connectivity index (χ1n) is 4.57. The van der Waals surface area contributed by atoms with Gasteiger partial charge < -0.3 is 4.74 Å². The first-order valence-corrected chi connectivity index (χ1v) is 6.18. The summed E-state index contributed by atoms with van der Waals surface area (Å²) in [6, 6.07) is 7.29. The Kier molecular flexibility index (Phi) is 2.48. The molecule has 0 aliphatic carbocycles. The molecule has 0 aromatic heterocycles. The van der Waals surface area contributed by atoms with Gasteiger partial charge in [0.25, 0.3) is 10.0 Å². The van der Waals surface area contributed by atoms with Crippen LogP contribution in [0.5, 0.6) is 5.75 Å². The highest BCUT2D eigenvalue weighted by molar-refractivity contribution is 7.90. The molecule has 1 aliphatic heterocycles. The van der Waals surface area contributed by atoms with Crippen LogP contribution >= 0.6 is 0 Å². The minimum atomic E-state index is -3.24. The van der Waals surface area contributed by atoms with Crippen LogP contribution in [0.4, 0.5) is 0 Å². The predicted octanol–water partition coefficient (Wildman–Crippen LogP) is 1.22. The van der Waals surface area contributed by atoms with Gasteiger partial charge in [-0.2, -0.15) is 4.40 Å². The molecule has 4 nitrogen and oxygen atoms in total. The van der Waals surface area contributed by atoms with Gasteiger partial charge in [0.2, 0.25) is 0 Å². The molecule has 15 heavy (non-hydrogen) atoms. The number of hydrogen-bond acceptors (Lipinski definition) is 3. The number of nitrogens with zero attached hydrogens (tertiary/aromatic N) is 1. The monoisotopic (exact) mass is 225 g/mol. The van der Waals surface area contributed by atoms with Gasteiger partial charge in [0.05, 0.1) is 18.6 Å². The van der Waals surface area contributed by atoms with Crippen LogP contribution in [0.15, 0.2) is 28.7 Å². The molecule has 1 aromatic carbocycles. The molecular weight excluding hydrogens is 214 g/mol. The van der Waals surface area contributed by atoms with Gasteiger partial charge in [-0.15, -0.1) is 0 Å². The van der Waals surface area contributed by atoms with Crippen molar-refractivity contribution in [2.24, 2.45) is 4.40 Å². The standard InChI is InChI=1S/C10H11NO3S/c1-14-10-5-3-2-4-8(10)9-6-7-15(12,13)11-9/h2-5H,6-7H2,1H3. The van der Waals surface area contributed by atoms with E-state index in [0.717, 1.165) is 5.56 Å². The van der Waals surface area contributed by atoms with E-state index in [4.69, 9.17) is 4.74 Å². The zero-order valence-corrected chi connectivity index (χ0v) is 9.12. The molecule has 1 aliphatic rings. The topological polar surface area (TPSA) is 55.7 Å². The number of rotatable bonds is 2. The van der Waals surface area contributed by atoms with Gasteiger partial charge in [0.15, 0.2) is 0 Å². The van der Waals surface area contributed by atoms with Crippen molar-refractivity contribution in [1.82, 2.24) is 0 Å². The minimum Gasteiger partial charge on any atom is -0.496 e. The van der Waals surface area contributed by atoms with Crippen molar-refractivity contribution in [2.45, 2.75) is 6.42 Å². The lowest BCUT2D eigenvalue weighted by Crippen LogP contribution is -2.00. The van der Waals surface area contributed by atoms with Crippen LogP contribution in [0.25, 0.3) is 0 Å². The summed E-state index contributed by atoms with van der Waals surface area (Å²) >= 11 is 0. The largest absolute Gasteiger partial charge is 0.496 e.